The summed E-state index contributed by atoms with van der Waals surface area (Å²) in [5, 5.41) is 3.68. The maximum absolute atomic E-state index is 4.54. The van der Waals surface area contributed by atoms with Crippen molar-refractivity contribution in [3.05, 3.63) is 29.6 Å². The minimum atomic E-state index is 0.771. The van der Waals surface area contributed by atoms with Crippen LogP contribution in [0.4, 0.5) is 0 Å². The highest BCUT2D eigenvalue weighted by molar-refractivity contribution is 5.17. The number of rotatable bonds is 3. The molecular weight excluding hydrogens is 234 g/mol. The molecule has 1 aromatic rings. The van der Waals surface area contributed by atoms with Gasteiger partial charge in [-0.05, 0) is 63.2 Å². The van der Waals surface area contributed by atoms with Crippen molar-refractivity contribution in [2.24, 2.45) is 5.92 Å². The fourth-order valence-corrected chi connectivity index (χ4v) is 3.57. The van der Waals surface area contributed by atoms with Crippen LogP contribution in [0, 0.1) is 12.8 Å². The van der Waals surface area contributed by atoms with Crippen LogP contribution in [0.15, 0.2) is 18.3 Å². The Morgan fingerprint density at radius 1 is 1.37 bits per heavy atom. The first-order valence-electron chi connectivity index (χ1n) is 7.69. The summed E-state index contributed by atoms with van der Waals surface area (Å²) in [4.78, 5) is 7.14. The molecule has 0 amide bonds. The fourth-order valence-electron chi connectivity index (χ4n) is 3.57. The van der Waals surface area contributed by atoms with Gasteiger partial charge in [0.15, 0.2) is 0 Å². The molecule has 2 saturated heterocycles. The van der Waals surface area contributed by atoms with Crippen LogP contribution >= 0.6 is 0 Å². The number of hydrogen-bond donors (Lipinski definition) is 1. The Balaban J connectivity index is 1.60. The average Bonchev–Trinajstić information content (AvgIpc) is 2.96. The lowest BCUT2D eigenvalue weighted by Gasteiger charge is -2.35. The summed E-state index contributed by atoms with van der Waals surface area (Å²) < 4.78 is 0. The van der Waals surface area contributed by atoms with E-state index < -0.39 is 0 Å². The summed E-state index contributed by atoms with van der Waals surface area (Å²) in [7, 11) is 0. The number of nitrogens with one attached hydrogen (secondary N) is 1. The molecule has 3 heterocycles. The van der Waals surface area contributed by atoms with Crippen molar-refractivity contribution in [2.75, 3.05) is 19.6 Å². The standard InChI is InChI=1S/C16H25N3/c1-13-5-2-8-18-16(13)12-19-10-4-6-14(11-19)15-7-3-9-17-15/h2,5,8,14-15,17H,3-4,6-7,9-12H2,1H3. The number of hydrogen-bond acceptors (Lipinski definition) is 3. The van der Waals surface area contributed by atoms with Crippen LogP contribution in [0.25, 0.3) is 0 Å². The second-order valence-electron chi connectivity index (χ2n) is 6.11. The Morgan fingerprint density at radius 2 is 2.32 bits per heavy atom. The number of piperidine rings is 1. The summed E-state index contributed by atoms with van der Waals surface area (Å²) in [6, 6.07) is 4.97. The lowest BCUT2D eigenvalue weighted by atomic mass is 9.89. The number of aromatic nitrogens is 1. The van der Waals surface area contributed by atoms with Crippen LogP contribution in [-0.2, 0) is 6.54 Å². The summed E-state index contributed by atoms with van der Waals surface area (Å²) >= 11 is 0. The molecule has 2 aliphatic heterocycles. The molecule has 1 N–H and O–H groups in total. The van der Waals surface area contributed by atoms with Gasteiger partial charge < -0.3 is 5.32 Å². The van der Waals surface area contributed by atoms with Crippen LogP contribution in [0.5, 0.6) is 0 Å². The Bertz CT molecular complexity index is 412. The van der Waals surface area contributed by atoms with Crippen LogP contribution in [0.3, 0.4) is 0 Å². The van der Waals surface area contributed by atoms with Gasteiger partial charge >= 0.3 is 0 Å². The Morgan fingerprint density at radius 3 is 3.11 bits per heavy atom. The molecule has 3 rings (SSSR count). The minimum Gasteiger partial charge on any atom is -0.314 e. The number of nitrogens with zero attached hydrogens (tertiary/aromatic N) is 2. The molecule has 0 radical (unpaired) electrons. The van der Waals surface area contributed by atoms with Gasteiger partial charge in [-0.25, -0.2) is 0 Å². The topological polar surface area (TPSA) is 28.2 Å². The molecular formula is C16H25N3. The van der Waals surface area contributed by atoms with Crippen molar-refractivity contribution in [1.29, 1.82) is 0 Å². The van der Waals surface area contributed by atoms with Gasteiger partial charge in [0.05, 0.1) is 5.69 Å². The molecule has 19 heavy (non-hydrogen) atoms. The molecule has 0 spiro atoms. The Kier molecular flexibility index (Phi) is 4.14. The number of aryl methyl sites for hydroxylation is 1. The molecule has 1 aromatic heterocycles. The minimum absolute atomic E-state index is 0.771. The van der Waals surface area contributed by atoms with Crippen molar-refractivity contribution in [1.82, 2.24) is 15.2 Å². The SMILES string of the molecule is Cc1cccnc1CN1CCCC(C2CCCN2)C1. The van der Waals surface area contributed by atoms with Gasteiger partial charge in [0.2, 0.25) is 0 Å². The van der Waals surface area contributed by atoms with Crippen LogP contribution in [0.2, 0.25) is 0 Å². The third-order valence-electron chi connectivity index (χ3n) is 4.70. The Hall–Kier alpha value is -0.930. The summed E-state index contributed by atoms with van der Waals surface area (Å²) in [5.74, 6) is 0.847. The highest BCUT2D eigenvalue weighted by Crippen LogP contribution is 2.25. The largest absolute Gasteiger partial charge is 0.314 e. The average molecular weight is 259 g/mol. The van der Waals surface area contributed by atoms with E-state index in [4.69, 9.17) is 0 Å². The normalized spacial score (nSPS) is 28.7. The zero-order valence-corrected chi connectivity index (χ0v) is 11.9. The third-order valence-corrected chi connectivity index (χ3v) is 4.70. The van der Waals surface area contributed by atoms with Crippen molar-refractivity contribution < 1.29 is 0 Å². The first kappa shape index (κ1) is 13.1. The summed E-state index contributed by atoms with van der Waals surface area (Å²) in [5.41, 5.74) is 2.58. The zero-order chi connectivity index (χ0) is 13.1. The van der Waals surface area contributed by atoms with E-state index in [1.54, 1.807) is 0 Å². The zero-order valence-electron chi connectivity index (χ0n) is 11.9. The van der Waals surface area contributed by atoms with Gasteiger partial charge in [-0.2, -0.15) is 0 Å². The maximum atomic E-state index is 4.54. The van der Waals surface area contributed by atoms with E-state index >= 15 is 0 Å². The molecule has 2 atom stereocenters. The molecule has 3 nitrogen and oxygen atoms in total. The second kappa shape index (κ2) is 6.02. The highest BCUT2D eigenvalue weighted by Gasteiger charge is 2.29. The van der Waals surface area contributed by atoms with Gasteiger partial charge in [0.1, 0.15) is 0 Å². The molecule has 0 saturated carbocycles. The first-order chi connectivity index (χ1) is 9.33. The maximum Gasteiger partial charge on any atom is 0.0573 e. The highest BCUT2D eigenvalue weighted by atomic mass is 15.1. The lowest BCUT2D eigenvalue weighted by molar-refractivity contribution is 0.144. The van der Waals surface area contributed by atoms with E-state index in [2.05, 4.69) is 28.2 Å². The summed E-state index contributed by atoms with van der Waals surface area (Å²) in [6.07, 6.45) is 7.40. The van der Waals surface area contributed by atoms with Crippen molar-refractivity contribution in [2.45, 2.75) is 45.2 Å². The van der Waals surface area contributed by atoms with Crippen LogP contribution in [0.1, 0.15) is 36.9 Å². The molecule has 2 aliphatic rings. The second-order valence-corrected chi connectivity index (χ2v) is 6.11. The van der Waals surface area contributed by atoms with E-state index in [1.807, 2.05) is 12.3 Å². The van der Waals surface area contributed by atoms with E-state index in [0.29, 0.717) is 0 Å². The molecule has 104 valence electrons. The van der Waals surface area contributed by atoms with E-state index in [0.717, 1.165) is 18.5 Å². The molecule has 0 bridgehead atoms. The van der Waals surface area contributed by atoms with Gasteiger partial charge in [-0.3, -0.25) is 9.88 Å². The van der Waals surface area contributed by atoms with Crippen LogP contribution in [-0.4, -0.2) is 35.6 Å². The van der Waals surface area contributed by atoms with E-state index in [1.165, 1.54) is 56.6 Å². The predicted molar refractivity (Wildman–Crippen MR) is 78.0 cm³/mol. The molecule has 3 heteroatoms. The monoisotopic (exact) mass is 259 g/mol. The fraction of sp³-hybridized carbons (Fsp3) is 0.688. The van der Waals surface area contributed by atoms with Crippen molar-refractivity contribution in [3.63, 3.8) is 0 Å². The van der Waals surface area contributed by atoms with E-state index in [-0.39, 0.29) is 0 Å². The van der Waals surface area contributed by atoms with Gasteiger partial charge in [0.25, 0.3) is 0 Å². The summed E-state index contributed by atoms with van der Waals surface area (Å²) in [6.45, 7) is 6.89. The first-order valence-corrected chi connectivity index (χ1v) is 7.69. The molecule has 0 aromatic carbocycles. The van der Waals surface area contributed by atoms with Gasteiger partial charge in [-0.15, -0.1) is 0 Å². The van der Waals surface area contributed by atoms with Gasteiger partial charge in [0, 0.05) is 25.3 Å². The predicted octanol–water partition coefficient (Wildman–Crippen LogP) is 2.35. The number of likely N-dealkylation sites (tertiary alicyclic amines) is 1. The van der Waals surface area contributed by atoms with Crippen molar-refractivity contribution in [3.8, 4) is 0 Å². The molecule has 0 aliphatic carbocycles. The van der Waals surface area contributed by atoms with Crippen LogP contribution < -0.4 is 5.32 Å². The van der Waals surface area contributed by atoms with Gasteiger partial charge in [-0.1, -0.05) is 6.07 Å². The molecule has 2 fully saturated rings. The smallest absolute Gasteiger partial charge is 0.0573 e. The third kappa shape index (κ3) is 3.15. The quantitative estimate of drug-likeness (QED) is 0.903. The number of pyridine rings is 1. The van der Waals surface area contributed by atoms with E-state index in [9.17, 15) is 0 Å². The molecule has 2 unspecified atom stereocenters. The van der Waals surface area contributed by atoms with Crippen molar-refractivity contribution >= 4 is 0 Å². The lowest BCUT2D eigenvalue weighted by Crippen LogP contribution is -2.43. The Labute approximate surface area is 116 Å².